The molecular formula is C9H16N8. The predicted octanol–water partition coefficient (Wildman–Crippen LogP) is -0.652. The van der Waals surface area contributed by atoms with Crippen LogP contribution in [-0.2, 0) is 20.1 Å². The molecule has 0 amide bonds. The van der Waals surface area contributed by atoms with Crippen molar-refractivity contribution in [3.63, 3.8) is 0 Å². The number of nitrogens with zero attached hydrogens (tertiary/aromatic N) is 7. The van der Waals surface area contributed by atoms with Crippen molar-refractivity contribution in [3.8, 4) is 0 Å². The van der Waals surface area contributed by atoms with Gasteiger partial charge in [0.25, 0.3) is 0 Å². The van der Waals surface area contributed by atoms with Gasteiger partial charge >= 0.3 is 0 Å². The van der Waals surface area contributed by atoms with Crippen molar-refractivity contribution in [2.24, 2.45) is 7.05 Å². The van der Waals surface area contributed by atoms with E-state index in [1.807, 2.05) is 0 Å². The van der Waals surface area contributed by atoms with Crippen LogP contribution in [-0.4, -0.2) is 41.0 Å². The highest BCUT2D eigenvalue weighted by Gasteiger charge is 2.08. The summed E-state index contributed by atoms with van der Waals surface area (Å²) in [6, 6.07) is 0.412. The standard InChI is InChI=1S/C9H16N8/c1-7(2)10-4-9-11-6-12-17(9)5-8-13-15-16(3)14-8/h6-7,10H,4-5H2,1-3H3. The van der Waals surface area contributed by atoms with E-state index in [2.05, 4.69) is 44.7 Å². The summed E-state index contributed by atoms with van der Waals surface area (Å²) < 4.78 is 1.77. The molecule has 0 saturated heterocycles. The van der Waals surface area contributed by atoms with Crippen LogP contribution in [0.25, 0.3) is 0 Å². The minimum atomic E-state index is 0.412. The summed E-state index contributed by atoms with van der Waals surface area (Å²) >= 11 is 0. The van der Waals surface area contributed by atoms with E-state index < -0.39 is 0 Å². The van der Waals surface area contributed by atoms with Gasteiger partial charge < -0.3 is 5.32 Å². The molecule has 8 nitrogen and oxygen atoms in total. The van der Waals surface area contributed by atoms with Crippen LogP contribution in [0, 0.1) is 0 Å². The highest BCUT2D eigenvalue weighted by Crippen LogP contribution is 1.98. The Balaban J connectivity index is 2.03. The fourth-order valence-corrected chi connectivity index (χ4v) is 1.37. The van der Waals surface area contributed by atoms with Crippen molar-refractivity contribution in [2.45, 2.75) is 33.0 Å². The molecule has 2 rings (SSSR count). The van der Waals surface area contributed by atoms with Crippen LogP contribution in [0.2, 0.25) is 0 Å². The van der Waals surface area contributed by atoms with E-state index in [-0.39, 0.29) is 0 Å². The van der Waals surface area contributed by atoms with E-state index >= 15 is 0 Å². The van der Waals surface area contributed by atoms with Crippen molar-refractivity contribution >= 4 is 0 Å². The number of hydrogen-bond acceptors (Lipinski definition) is 6. The summed E-state index contributed by atoms with van der Waals surface area (Å²) in [5.41, 5.74) is 0. The monoisotopic (exact) mass is 236 g/mol. The molecule has 2 heterocycles. The molecule has 92 valence electrons. The zero-order chi connectivity index (χ0) is 12.3. The fourth-order valence-electron chi connectivity index (χ4n) is 1.37. The first-order chi connectivity index (χ1) is 8.15. The third-order valence-electron chi connectivity index (χ3n) is 2.21. The lowest BCUT2D eigenvalue weighted by atomic mass is 10.4. The maximum absolute atomic E-state index is 4.20. The number of tetrazole rings is 1. The van der Waals surface area contributed by atoms with Crippen LogP contribution in [0.1, 0.15) is 25.5 Å². The molecule has 0 fully saturated rings. The largest absolute Gasteiger partial charge is 0.308 e. The molecule has 0 unspecified atom stereocenters. The molecule has 2 aromatic rings. The number of rotatable bonds is 5. The van der Waals surface area contributed by atoms with Gasteiger partial charge in [-0.25, -0.2) is 9.67 Å². The molecule has 0 aliphatic heterocycles. The summed E-state index contributed by atoms with van der Waals surface area (Å²) in [5, 5.41) is 19.2. The lowest BCUT2D eigenvalue weighted by Gasteiger charge is -2.07. The van der Waals surface area contributed by atoms with Crippen molar-refractivity contribution in [1.82, 2.24) is 40.3 Å². The molecule has 0 bridgehead atoms. The summed E-state index contributed by atoms with van der Waals surface area (Å²) in [6.45, 7) is 5.34. The van der Waals surface area contributed by atoms with Gasteiger partial charge in [-0.05, 0) is 5.21 Å². The van der Waals surface area contributed by atoms with Crippen LogP contribution in [0.4, 0.5) is 0 Å². The highest BCUT2D eigenvalue weighted by molar-refractivity contribution is 4.89. The van der Waals surface area contributed by atoms with Gasteiger partial charge in [0.1, 0.15) is 18.7 Å². The number of hydrogen-bond donors (Lipinski definition) is 1. The van der Waals surface area contributed by atoms with E-state index in [9.17, 15) is 0 Å². The maximum atomic E-state index is 4.20. The number of aryl methyl sites for hydroxylation is 1. The molecule has 0 saturated carbocycles. The highest BCUT2D eigenvalue weighted by atomic mass is 15.6. The molecule has 2 aromatic heterocycles. The normalized spacial score (nSPS) is 11.3. The van der Waals surface area contributed by atoms with E-state index in [4.69, 9.17) is 0 Å². The van der Waals surface area contributed by atoms with Gasteiger partial charge in [-0.1, -0.05) is 13.8 Å². The van der Waals surface area contributed by atoms with Crippen LogP contribution in [0.15, 0.2) is 6.33 Å². The topological polar surface area (TPSA) is 86.3 Å². The number of aromatic nitrogens is 7. The summed E-state index contributed by atoms with van der Waals surface area (Å²) in [5.74, 6) is 1.50. The zero-order valence-electron chi connectivity index (χ0n) is 10.2. The molecule has 17 heavy (non-hydrogen) atoms. The summed E-state index contributed by atoms with van der Waals surface area (Å²) in [7, 11) is 1.74. The number of nitrogens with one attached hydrogen (secondary N) is 1. The Bertz CT molecular complexity index is 471. The van der Waals surface area contributed by atoms with Gasteiger partial charge in [0.15, 0.2) is 5.82 Å². The molecule has 0 aliphatic rings. The molecule has 0 aliphatic carbocycles. The van der Waals surface area contributed by atoms with E-state index in [1.165, 1.54) is 11.1 Å². The lowest BCUT2D eigenvalue weighted by Crippen LogP contribution is -2.24. The molecule has 8 heteroatoms. The molecule has 0 spiro atoms. The Morgan fingerprint density at radius 2 is 2.24 bits per heavy atom. The van der Waals surface area contributed by atoms with Crippen LogP contribution in [0.3, 0.4) is 0 Å². The van der Waals surface area contributed by atoms with Gasteiger partial charge in [0, 0.05) is 6.04 Å². The second kappa shape index (κ2) is 5.00. The molecule has 0 radical (unpaired) electrons. The first kappa shape index (κ1) is 11.6. The molecule has 0 atom stereocenters. The smallest absolute Gasteiger partial charge is 0.196 e. The second-order valence-corrected chi connectivity index (χ2v) is 4.06. The van der Waals surface area contributed by atoms with Crippen LogP contribution >= 0.6 is 0 Å². The predicted molar refractivity (Wildman–Crippen MR) is 59.9 cm³/mol. The Morgan fingerprint density at radius 1 is 1.41 bits per heavy atom. The van der Waals surface area contributed by atoms with Gasteiger partial charge in [0.2, 0.25) is 0 Å². The average Bonchev–Trinajstić information content (AvgIpc) is 2.86. The third-order valence-corrected chi connectivity index (χ3v) is 2.21. The van der Waals surface area contributed by atoms with E-state index in [0.717, 1.165) is 5.82 Å². The van der Waals surface area contributed by atoms with Crippen molar-refractivity contribution in [1.29, 1.82) is 0 Å². The second-order valence-electron chi connectivity index (χ2n) is 4.06. The van der Waals surface area contributed by atoms with E-state index in [0.29, 0.717) is 25.0 Å². The van der Waals surface area contributed by atoms with Gasteiger partial charge in [-0.2, -0.15) is 9.90 Å². The molecule has 0 aromatic carbocycles. The molecule has 1 N–H and O–H groups in total. The first-order valence-electron chi connectivity index (χ1n) is 5.48. The van der Waals surface area contributed by atoms with Crippen molar-refractivity contribution < 1.29 is 0 Å². The third kappa shape index (κ3) is 3.06. The van der Waals surface area contributed by atoms with Crippen LogP contribution in [0.5, 0.6) is 0 Å². The Kier molecular flexibility index (Phi) is 3.43. The maximum Gasteiger partial charge on any atom is 0.196 e. The lowest BCUT2D eigenvalue weighted by molar-refractivity contribution is 0.532. The Morgan fingerprint density at radius 3 is 2.88 bits per heavy atom. The fraction of sp³-hybridized carbons (Fsp3) is 0.667. The average molecular weight is 236 g/mol. The minimum absolute atomic E-state index is 0.412. The van der Waals surface area contributed by atoms with Crippen molar-refractivity contribution in [2.75, 3.05) is 0 Å². The summed E-state index contributed by atoms with van der Waals surface area (Å²) in [4.78, 5) is 5.63. The zero-order valence-corrected chi connectivity index (χ0v) is 10.2. The Labute approximate surface area is 99.0 Å². The van der Waals surface area contributed by atoms with Crippen LogP contribution < -0.4 is 5.32 Å². The van der Waals surface area contributed by atoms with E-state index in [1.54, 1.807) is 11.7 Å². The van der Waals surface area contributed by atoms with Gasteiger partial charge in [0.05, 0.1) is 13.6 Å². The first-order valence-corrected chi connectivity index (χ1v) is 5.48. The quantitative estimate of drug-likeness (QED) is 0.742. The van der Waals surface area contributed by atoms with Gasteiger partial charge in [-0.3, -0.25) is 0 Å². The minimum Gasteiger partial charge on any atom is -0.308 e. The van der Waals surface area contributed by atoms with Gasteiger partial charge in [-0.15, -0.1) is 10.2 Å². The van der Waals surface area contributed by atoms with Crippen molar-refractivity contribution in [3.05, 3.63) is 18.0 Å². The Hall–Kier alpha value is -1.83. The molecular weight excluding hydrogens is 220 g/mol. The summed E-state index contributed by atoms with van der Waals surface area (Å²) in [6.07, 6.45) is 1.54. The SMILES string of the molecule is CC(C)NCc1ncnn1Cc1nnn(C)n1.